The summed E-state index contributed by atoms with van der Waals surface area (Å²) in [4.78, 5) is 34.1. The highest BCUT2D eigenvalue weighted by Gasteiger charge is 2.49. The first kappa shape index (κ1) is 50.7. The van der Waals surface area contributed by atoms with Gasteiger partial charge >= 0.3 is 5.97 Å². The minimum absolute atomic E-state index is 0.00153. The fraction of sp³-hybridized carbons (Fsp3) is 0.756. The SMILES string of the molecule is CC[Si](CC)(CC)O[C@H]1CC(=O)OC(/C(C)=C/c2csc(CO[Si](C)(C)C(C)(C)C)n2)C/C=C(/C)C/C=C/[C@H](C)[C@H](O[Si](C)(C)C(C)(C)C)[C@@H](C)C(=O)C1(C)C. The van der Waals surface area contributed by atoms with Crippen molar-refractivity contribution in [2.75, 3.05) is 0 Å². The number of allylic oxidation sites excluding steroid dienone is 2. The minimum atomic E-state index is -2.25. The van der Waals surface area contributed by atoms with Crippen LogP contribution in [0.4, 0.5) is 0 Å². The van der Waals surface area contributed by atoms with Crippen LogP contribution in [0.1, 0.15) is 134 Å². The number of thiazole rings is 1. The van der Waals surface area contributed by atoms with Gasteiger partial charge in [0.15, 0.2) is 25.0 Å². The first-order valence-electron chi connectivity index (χ1n) is 21.2. The van der Waals surface area contributed by atoms with Gasteiger partial charge in [0, 0.05) is 23.1 Å². The molecule has 0 aromatic carbocycles. The number of ketones is 1. The van der Waals surface area contributed by atoms with Crippen molar-refractivity contribution < 1.29 is 27.6 Å². The lowest BCUT2D eigenvalue weighted by Crippen LogP contribution is -2.53. The third-order valence-corrected chi connectivity index (χ3v) is 27.9. The Hall–Kier alpha value is -1.48. The smallest absolute Gasteiger partial charge is 0.309 e. The summed E-state index contributed by atoms with van der Waals surface area (Å²) >= 11 is 1.60. The van der Waals surface area contributed by atoms with E-state index in [1.165, 1.54) is 5.57 Å². The Morgan fingerprint density at radius 2 is 1.54 bits per heavy atom. The molecule has 7 nitrogen and oxygen atoms in total. The van der Waals surface area contributed by atoms with Crippen molar-refractivity contribution in [2.45, 2.75) is 202 Å². The van der Waals surface area contributed by atoms with Crippen LogP contribution in [0.2, 0.25) is 54.4 Å². The molecule has 0 bridgehead atoms. The highest BCUT2D eigenvalue weighted by atomic mass is 32.1. The average Bonchev–Trinajstić information content (AvgIpc) is 3.54. The molecule has 1 aromatic heterocycles. The van der Waals surface area contributed by atoms with Crippen molar-refractivity contribution in [1.29, 1.82) is 0 Å². The maximum atomic E-state index is 15.0. The summed E-state index contributed by atoms with van der Waals surface area (Å²) in [5, 5.41) is 3.09. The molecule has 56 heavy (non-hydrogen) atoms. The monoisotopic (exact) mass is 848 g/mol. The van der Waals surface area contributed by atoms with E-state index in [9.17, 15) is 9.59 Å². The van der Waals surface area contributed by atoms with E-state index in [0.29, 0.717) is 13.0 Å². The van der Waals surface area contributed by atoms with E-state index in [0.717, 1.165) is 40.8 Å². The third-order valence-electron chi connectivity index (χ3n) is 13.4. The van der Waals surface area contributed by atoms with Crippen molar-refractivity contribution in [3.05, 3.63) is 45.5 Å². The zero-order chi connectivity index (χ0) is 43.1. The Morgan fingerprint density at radius 3 is 2.07 bits per heavy atom. The number of hydrogen-bond acceptors (Lipinski definition) is 8. The number of esters is 1. The number of Topliss-reactive ketones (excluding diaryl/α,β-unsaturated/α-hetero) is 1. The molecule has 0 spiro atoms. The lowest BCUT2D eigenvalue weighted by molar-refractivity contribution is -0.153. The Labute approximate surface area is 350 Å². The van der Waals surface area contributed by atoms with Gasteiger partial charge in [0.25, 0.3) is 0 Å². The number of cyclic esters (lactones) is 1. The van der Waals surface area contributed by atoms with Crippen LogP contribution in [0.5, 0.6) is 0 Å². The van der Waals surface area contributed by atoms with Crippen molar-refractivity contribution in [1.82, 2.24) is 4.98 Å². The number of hydrogen-bond donors (Lipinski definition) is 0. The highest BCUT2D eigenvalue weighted by molar-refractivity contribution is 7.09. The number of carbonyl (C=O) groups is 2. The third kappa shape index (κ3) is 13.5. The van der Waals surface area contributed by atoms with Gasteiger partial charge in [-0.05, 0) is 92.2 Å². The quantitative estimate of drug-likeness (QED) is 0.118. The summed E-state index contributed by atoms with van der Waals surface area (Å²) in [5.41, 5.74) is 1.97. The predicted octanol–water partition coefficient (Wildman–Crippen LogP) is 13.3. The Morgan fingerprint density at radius 1 is 0.964 bits per heavy atom. The maximum absolute atomic E-state index is 15.0. The summed E-state index contributed by atoms with van der Waals surface area (Å²) in [7, 11) is -6.41. The molecule has 1 aromatic rings. The van der Waals surface area contributed by atoms with Crippen LogP contribution < -0.4 is 0 Å². The van der Waals surface area contributed by atoms with E-state index < -0.39 is 48.5 Å². The van der Waals surface area contributed by atoms with Gasteiger partial charge in [-0.2, -0.15) is 0 Å². The van der Waals surface area contributed by atoms with Crippen LogP contribution >= 0.6 is 11.3 Å². The second kappa shape index (κ2) is 20.2. The number of carbonyl (C=O) groups excluding carboxylic acids is 2. The number of nitrogens with zero attached hydrogens (tertiary/aromatic N) is 1. The summed E-state index contributed by atoms with van der Waals surface area (Å²) in [5.74, 6) is -0.694. The maximum Gasteiger partial charge on any atom is 0.309 e. The van der Waals surface area contributed by atoms with Gasteiger partial charge in [-0.15, -0.1) is 11.3 Å². The van der Waals surface area contributed by atoms with Crippen LogP contribution in [-0.4, -0.2) is 60.0 Å². The van der Waals surface area contributed by atoms with Gasteiger partial charge in [-0.3, -0.25) is 9.59 Å². The van der Waals surface area contributed by atoms with Crippen LogP contribution in [-0.2, 0) is 34.2 Å². The summed E-state index contributed by atoms with van der Waals surface area (Å²) in [6.07, 6.45) is 8.51. The Balaban J connectivity index is 2.64. The molecule has 0 saturated carbocycles. The number of ether oxygens (including phenoxy) is 1. The van der Waals surface area contributed by atoms with Gasteiger partial charge in [0.05, 0.1) is 30.9 Å². The zero-order valence-electron chi connectivity index (χ0n) is 39.0. The molecule has 2 heterocycles. The molecule has 320 valence electrons. The highest BCUT2D eigenvalue weighted by Crippen LogP contribution is 2.42. The molecule has 5 atom stereocenters. The van der Waals surface area contributed by atoms with E-state index >= 15 is 0 Å². The summed E-state index contributed by atoms with van der Waals surface area (Å²) in [6, 6.07) is 2.74. The second-order valence-corrected chi connectivity index (χ2v) is 35.4. The van der Waals surface area contributed by atoms with Gasteiger partial charge in [0.1, 0.15) is 16.9 Å². The average molecular weight is 848 g/mol. The second-order valence-electron chi connectivity index (χ2n) is 20.1. The minimum Gasteiger partial charge on any atom is -0.457 e. The van der Waals surface area contributed by atoms with Crippen LogP contribution in [0.25, 0.3) is 6.08 Å². The molecule has 0 N–H and O–H groups in total. The topological polar surface area (TPSA) is 84.0 Å². The molecule has 1 aliphatic rings. The van der Waals surface area contributed by atoms with Crippen molar-refractivity contribution in [2.24, 2.45) is 17.3 Å². The number of aromatic nitrogens is 1. The molecular weight excluding hydrogens is 767 g/mol. The molecule has 0 fully saturated rings. The molecule has 1 unspecified atom stereocenters. The first-order valence-corrected chi connectivity index (χ1v) is 30.5. The van der Waals surface area contributed by atoms with Crippen LogP contribution in [0.15, 0.2) is 34.8 Å². The van der Waals surface area contributed by atoms with Crippen LogP contribution in [0.3, 0.4) is 0 Å². The van der Waals surface area contributed by atoms with E-state index in [2.05, 4.69) is 121 Å². The summed E-state index contributed by atoms with van der Waals surface area (Å²) in [6.45, 7) is 41.8. The van der Waals surface area contributed by atoms with E-state index in [-0.39, 0.29) is 40.3 Å². The standard InChI is InChI=1S/C45H81NO6SSi3/c1-20-56(21-2,22-3)51-38-29-40(47)50-37(34(6)28-36-31-53-39(46-36)30-49-54(16,17)43(8,9)10)27-26-32(4)24-23-25-33(5)41(35(7)42(48)45(38,14)15)52-55(18,19)44(11,12)13/h23,25-26,28,31,33,35,37-38,41H,20-22,24,27,29-30H2,1-19H3/b25-23+,32-26-,34-28+/t33-,35+,37?,38-,41-/m0/s1. The van der Waals surface area contributed by atoms with E-state index in [1.807, 2.05) is 39.2 Å². The lowest BCUT2D eigenvalue weighted by Gasteiger charge is -2.45. The van der Waals surface area contributed by atoms with Crippen molar-refractivity contribution in [3.8, 4) is 0 Å². The summed E-state index contributed by atoms with van der Waals surface area (Å²) < 4.78 is 27.1. The van der Waals surface area contributed by atoms with Crippen LogP contribution in [0, 0.1) is 17.3 Å². The molecule has 0 aliphatic carbocycles. The zero-order valence-corrected chi connectivity index (χ0v) is 42.8. The van der Waals surface area contributed by atoms with Crippen molar-refractivity contribution >= 4 is 54.1 Å². The van der Waals surface area contributed by atoms with Crippen molar-refractivity contribution in [3.63, 3.8) is 0 Å². The molecule has 11 heteroatoms. The fourth-order valence-electron chi connectivity index (χ4n) is 6.72. The van der Waals surface area contributed by atoms with Gasteiger partial charge in [-0.25, -0.2) is 4.98 Å². The Kier molecular flexibility index (Phi) is 18.3. The number of rotatable bonds is 12. The largest absolute Gasteiger partial charge is 0.457 e. The normalized spacial score (nSPS) is 26.1. The van der Waals surface area contributed by atoms with Gasteiger partial charge in [0.2, 0.25) is 0 Å². The molecule has 1 aliphatic heterocycles. The molecule has 0 amide bonds. The first-order chi connectivity index (χ1) is 25.6. The van der Waals surface area contributed by atoms with Gasteiger partial charge in [-0.1, -0.05) is 114 Å². The van der Waals surface area contributed by atoms with E-state index in [1.54, 1.807) is 11.3 Å². The molecular formula is C45H81NO6SSi3. The van der Waals surface area contributed by atoms with Gasteiger partial charge < -0.3 is 18.0 Å². The molecule has 2 rings (SSSR count). The lowest BCUT2D eigenvalue weighted by atomic mass is 9.73. The predicted molar refractivity (Wildman–Crippen MR) is 246 cm³/mol. The molecule has 0 radical (unpaired) electrons. The fourth-order valence-corrected chi connectivity index (χ4v) is 12.9. The van der Waals surface area contributed by atoms with E-state index in [4.69, 9.17) is 23.0 Å². The Bertz CT molecular complexity index is 1530. The molecule has 0 saturated heterocycles.